The maximum Gasteiger partial charge on any atom is 0.221 e. The topological polar surface area (TPSA) is 55.4 Å². The van der Waals surface area contributed by atoms with Gasteiger partial charge in [0.1, 0.15) is 6.04 Å². The normalized spacial score (nSPS) is 17.2. The molecule has 1 atom stereocenters. The van der Waals surface area contributed by atoms with Gasteiger partial charge in [-0.15, -0.1) is 0 Å². The summed E-state index contributed by atoms with van der Waals surface area (Å²) < 4.78 is 5.32. The molecule has 1 aliphatic rings. The zero-order chi connectivity index (χ0) is 15.9. The van der Waals surface area contributed by atoms with E-state index in [2.05, 4.69) is 5.32 Å². The molecule has 0 radical (unpaired) electrons. The summed E-state index contributed by atoms with van der Waals surface area (Å²) in [4.78, 5) is 24.8. The van der Waals surface area contributed by atoms with Gasteiger partial charge in [0.25, 0.3) is 0 Å². The van der Waals surface area contributed by atoms with Crippen LogP contribution in [0.2, 0.25) is 0 Å². The van der Waals surface area contributed by atoms with Gasteiger partial charge in [-0.1, -0.05) is 44.2 Å². The van der Waals surface area contributed by atoms with Gasteiger partial charge in [-0.05, 0) is 24.3 Å². The van der Waals surface area contributed by atoms with Gasteiger partial charge >= 0.3 is 0 Å². The molecule has 1 aliphatic heterocycles. The molecule has 1 heterocycles. The Hall–Kier alpha value is -1.68. The summed E-state index contributed by atoms with van der Waals surface area (Å²) in [6.45, 7) is 5.18. The molecule has 0 aromatic heterocycles. The molecule has 0 saturated carbocycles. The zero-order valence-corrected chi connectivity index (χ0v) is 13.4. The van der Waals surface area contributed by atoms with Gasteiger partial charge < -0.3 is 10.1 Å². The molecule has 1 aromatic rings. The standard InChI is InChI=1S/C18H25NO3/c1-13(2)18(21)17(15-6-4-3-5-7-15)19-16(20)12-14-8-10-22-11-9-14/h3-7,13-14,17H,8-12H2,1-2H3,(H,19,20)/t17-/m1/s1. The SMILES string of the molecule is CC(C)C(=O)[C@H](NC(=O)CC1CCOCC1)c1ccccc1. The van der Waals surface area contributed by atoms with Gasteiger partial charge in [-0.2, -0.15) is 0 Å². The fourth-order valence-corrected chi connectivity index (χ4v) is 2.73. The largest absolute Gasteiger partial charge is 0.381 e. The Morgan fingerprint density at radius 1 is 1.18 bits per heavy atom. The molecule has 4 nitrogen and oxygen atoms in total. The number of Topliss-reactive ketones (excluding diaryl/α,β-unsaturated/α-hetero) is 1. The number of hydrogen-bond acceptors (Lipinski definition) is 3. The van der Waals surface area contributed by atoms with Crippen molar-refractivity contribution in [1.82, 2.24) is 5.32 Å². The summed E-state index contributed by atoms with van der Waals surface area (Å²) in [6, 6.07) is 8.92. The molecule has 1 N–H and O–H groups in total. The van der Waals surface area contributed by atoms with E-state index in [1.165, 1.54) is 0 Å². The minimum atomic E-state index is -0.548. The van der Waals surface area contributed by atoms with Gasteiger partial charge in [-0.25, -0.2) is 0 Å². The molecule has 4 heteroatoms. The Morgan fingerprint density at radius 2 is 1.82 bits per heavy atom. The summed E-state index contributed by atoms with van der Waals surface area (Å²) in [7, 11) is 0. The number of benzene rings is 1. The van der Waals surface area contributed by atoms with E-state index in [9.17, 15) is 9.59 Å². The monoisotopic (exact) mass is 303 g/mol. The third-order valence-corrected chi connectivity index (χ3v) is 4.11. The summed E-state index contributed by atoms with van der Waals surface area (Å²) in [5, 5.41) is 2.93. The van der Waals surface area contributed by atoms with Crippen molar-refractivity contribution in [3.05, 3.63) is 35.9 Å². The summed E-state index contributed by atoms with van der Waals surface area (Å²) in [5.41, 5.74) is 0.849. The van der Waals surface area contributed by atoms with Crippen LogP contribution in [-0.4, -0.2) is 24.9 Å². The lowest BCUT2D eigenvalue weighted by Crippen LogP contribution is -2.37. The van der Waals surface area contributed by atoms with Crippen molar-refractivity contribution in [2.75, 3.05) is 13.2 Å². The highest BCUT2D eigenvalue weighted by Gasteiger charge is 2.26. The highest BCUT2D eigenvalue weighted by Crippen LogP contribution is 2.21. The van der Waals surface area contributed by atoms with Crippen LogP contribution in [0.5, 0.6) is 0 Å². The van der Waals surface area contributed by atoms with Crippen molar-refractivity contribution < 1.29 is 14.3 Å². The Labute approximate surface area is 132 Å². The molecule has 1 amide bonds. The first kappa shape index (κ1) is 16.7. The van der Waals surface area contributed by atoms with Crippen molar-refractivity contribution in [3.63, 3.8) is 0 Å². The highest BCUT2D eigenvalue weighted by atomic mass is 16.5. The number of rotatable bonds is 6. The van der Waals surface area contributed by atoms with Gasteiger partial charge in [-0.3, -0.25) is 9.59 Å². The first-order chi connectivity index (χ1) is 10.6. The van der Waals surface area contributed by atoms with Crippen LogP contribution >= 0.6 is 0 Å². The highest BCUT2D eigenvalue weighted by molar-refractivity contribution is 5.91. The molecule has 0 unspecified atom stereocenters. The van der Waals surface area contributed by atoms with Crippen molar-refractivity contribution in [2.24, 2.45) is 11.8 Å². The molecule has 0 bridgehead atoms. The number of amides is 1. The van der Waals surface area contributed by atoms with Crippen LogP contribution in [0.15, 0.2) is 30.3 Å². The smallest absolute Gasteiger partial charge is 0.221 e. The molecular formula is C18H25NO3. The summed E-state index contributed by atoms with van der Waals surface area (Å²) in [6.07, 6.45) is 2.31. The lowest BCUT2D eigenvalue weighted by molar-refractivity contribution is -0.130. The number of carbonyl (C=O) groups excluding carboxylic acids is 2. The predicted octanol–water partition coefficient (Wildman–Crippen LogP) is 2.89. The lowest BCUT2D eigenvalue weighted by atomic mass is 9.93. The van der Waals surface area contributed by atoms with Gasteiger partial charge in [0.05, 0.1) is 0 Å². The first-order valence-electron chi connectivity index (χ1n) is 8.03. The van der Waals surface area contributed by atoms with E-state index >= 15 is 0 Å². The third-order valence-electron chi connectivity index (χ3n) is 4.11. The molecule has 1 aromatic carbocycles. The summed E-state index contributed by atoms with van der Waals surface area (Å²) in [5.74, 6) is 0.245. The van der Waals surface area contributed by atoms with E-state index in [4.69, 9.17) is 4.74 Å². The fourth-order valence-electron chi connectivity index (χ4n) is 2.73. The Kier molecular flexibility index (Phi) is 6.13. The fraction of sp³-hybridized carbons (Fsp3) is 0.556. The van der Waals surface area contributed by atoms with Crippen LogP contribution in [0.1, 0.15) is 44.7 Å². The first-order valence-corrected chi connectivity index (χ1v) is 8.03. The van der Waals surface area contributed by atoms with Crippen molar-refractivity contribution in [3.8, 4) is 0 Å². The van der Waals surface area contributed by atoms with Crippen molar-refractivity contribution in [2.45, 2.75) is 39.2 Å². The maximum atomic E-state index is 12.4. The number of nitrogens with one attached hydrogen (secondary N) is 1. The van der Waals surface area contributed by atoms with E-state index in [0.717, 1.165) is 31.6 Å². The summed E-state index contributed by atoms with van der Waals surface area (Å²) >= 11 is 0. The second kappa shape index (κ2) is 8.08. The van der Waals surface area contributed by atoms with Crippen LogP contribution < -0.4 is 5.32 Å². The molecule has 0 aliphatic carbocycles. The van der Waals surface area contributed by atoms with Crippen LogP contribution in [0.25, 0.3) is 0 Å². The van der Waals surface area contributed by atoms with E-state index < -0.39 is 6.04 Å². The van der Waals surface area contributed by atoms with Crippen molar-refractivity contribution in [1.29, 1.82) is 0 Å². The quantitative estimate of drug-likeness (QED) is 0.879. The van der Waals surface area contributed by atoms with Crippen LogP contribution in [-0.2, 0) is 14.3 Å². The van der Waals surface area contributed by atoms with Gasteiger partial charge in [0.2, 0.25) is 5.91 Å². The predicted molar refractivity (Wildman–Crippen MR) is 85.3 cm³/mol. The number of ether oxygens (including phenoxy) is 1. The molecule has 0 spiro atoms. The molecule has 1 saturated heterocycles. The maximum absolute atomic E-state index is 12.4. The number of hydrogen-bond donors (Lipinski definition) is 1. The molecule has 2 rings (SSSR count). The number of carbonyl (C=O) groups is 2. The van der Waals surface area contributed by atoms with Crippen LogP contribution in [0, 0.1) is 11.8 Å². The van der Waals surface area contributed by atoms with Gasteiger partial charge in [0.15, 0.2) is 5.78 Å². The van der Waals surface area contributed by atoms with Gasteiger partial charge in [0, 0.05) is 25.6 Å². The Balaban J connectivity index is 2.02. The Bertz CT molecular complexity index is 492. The Morgan fingerprint density at radius 3 is 2.41 bits per heavy atom. The third kappa shape index (κ3) is 4.67. The second-order valence-electron chi connectivity index (χ2n) is 6.23. The lowest BCUT2D eigenvalue weighted by Gasteiger charge is -2.24. The molecule has 22 heavy (non-hydrogen) atoms. The average molecular weight is 303 g/mol. The molecule has 120 valence electrons. The minimum Gasteiger partial charge on any atom is -0.381 e. The zero-order valence-electron chi connectivity index (χ0n) is 13.4. The molecular weight excluding hydrogens is 278 g/mol. The van der Waals surface area contributed by atoms with Crippen LogP contribution in [0.4, 0.5) is 0 Å². The van der Waals surface area contributed by atoms with E-state index in [1.54, 1.807) is 0 Å². The van der Waals surface area contributed by atoms with E-state index in [0.29, 0.717) is 12.3 Å². The van der Waals surface area contributed by atoms with Crippen molar-refractivity contribution >= 4 is 11.7 Å². The number of ketones is 1. The minimum absolute atomic E-state index is 0.0465. The average Bonchev–Trinajstić information content (AvgIpc) is 2.53. The molecule has 1 fully saturated rings. The second-order valence-corrected chi connectivity index (χ2v) is 6.23. The van der Waals surface area contributed by atoms with Crippen LogP contribution in [0.3, 0.4) is 0 Å². The van der Waals surface area contributed by atoms with E-state index in [1.807, 2.05) is 44.2 Å². The van der Waals surface area contributed by atoms with E-state index in [-0.39, 0.29) is 17.6 Å².